The molecule has 0 saturated heterocycles. The standard InChI is InChI=1S/C19H13Br2NO6/c20-10-4-11(21)18(27)13-9(10)2-5-6(16(13)25)1-7-8(15(5)24)3-12(23)14(17(7)26)19(22)28/h3-4,6,23-24,26-27H,1-2H2,(H2,22,28). The number of carbonyl (C=O) groups excluding carboxylic acids is 2. The Hall–Kier alpha value is -2.52. The second-order valence-corrected chi connectivity index (χ2v) is 8.43. The van der Waals surface area contributed by atoms with E-state index in [0.29, 0.717) is 20.1 Å². The zero-order chi connectivity index (χ0) is 20.5. The summed E-state index contributed by atoms with van der Waals surface area (Å²) in [7, 11) is 0. The molecule has 0 bridgehead atoms. The van der Waals surface area contributed by atoms with Gasteiger partial charge in [-0.25, -0.2) is 0 Å². The molecular formula is C19H13Br2NO6. The second kappa shape index (κ2) is 6.25. The van der Waals surface area contributed by atoms with Crippen molar-refractivity contribution < 1.29 is 30.0 Å². The lowest BCUT2D eigenvalue weighted by molar-refractivity contribution is 0.0924. The summed E-state index contributed by atoms with van der Waals surface area (Å²) in [5.41, 5.74) is 6.12. The Bertz CT molecular complexity index is 1140. The second-order valence-electron chi connectivity index (χ2n) is 6.72. The number of benzene rings is 2. The Morgan fingerprint density at radius 1 is 1.04 bits per heavy atom. The molecule has 0 fully saturated rings. The third-order valence-corrected chi connectivity index (χ3v) is 6.57. The van der Waals surface area contributed by atoms with E-state index in [9.17, 15) is 30.0 Å². The zero-order valence-electron chi connectivity index (χ0n) is 14.1. The van der Waals surface area contributed by atoms with E-state index < -0.39 is 34.7 Å². The topological polar surface area (TPSA) is 141 Å². The van der Waals surface area contributed by atoms with Crippen LogP contribution < -0.4 is 5.73 Å². The van der Waals surface area contributed by atoms with Gasteiger partial charge in [0.2, 0.25) is 0 Å². The van der Waals surface area contributed by atoms with E-state index in [1.807, 2.05) is 0 Å². The number of Topliss-reactive ketones (excluding diaryl/α,β-unsaturated/α-hetero) is 1. The molecular weight excluding hydrogens is 498 g/mol. The zero-order valence-corrected chi connectivity index (χ0v) is 17.3. The van der Waals surface area contributed by atoms with Crippen molar-refractivity contribution in [1.82, 2.24) is 0 Å². The van der Waals surface area contributed by atoms with Gasteiger partial charge < -0.3 is 26.2 Å². The lowest BCUT2D eigenvalue weighted by Crippen LogP contribution is -2.31. The first-order valence-corrected chi connectivity index (χ1v) is 9.76. The average molecular weight is 511 g/mol. The van der Waals surface area contributed by atoms with Crippen LogP contribution in [0.3, 0.4) is 0 Å². The quantitative estimate of drug-likeness (QED) is 0.398. The van der Waals surface area contributed by atoms with Crippen molar-refractivity contribution in [1.29, 1.82) is 0 Å². The van der Waals surface area contributed by atoms with Gasteiger partial charge in [0.15, 0.2) is 5.78 Å². The van der Waals surface area contributed by atoms with Gasteiger partial charge >= 0.3 is 0 Å². The summed E-state index contributed by atoms with van der Waals surface area (Å²) in [4.78, 5) is 24.7. The van der Waals surface area contributed by atoms with Gasteiger partial charge in [0.1, 0.15) is 28.6 Å². The van der Waals surface area contributed by atoms with E-state index in [1.165, 1.54) is 0 Å². The number of phenolic OH excluding ortho intramolecular Hbond substituents is 1. The van der Waals surface area contributed by atoms with Gasteiger partial charge in [-0.2, -0.15) is 0 Å². The Morgan fingerprint density at radius 2 is 1.71 bits per heavy atom. The molecule has 4 rings (SSSR count). The molecule has 2 aromatic carbocycles. The Kier molecular flexibility index (Phi) is 4.20. The Labute approximate surface area is 175 Å². The van der Waals surface area contributed by atoms with Crippen molar-refractivity contribution >= 4 is 49.3 Å². The highest BCUT2D eigenvalue weighted by molar-refractivity contribution is 9.11. The minimum absolute atomic E-state index is 0.0109. The molecule has 0 aliphatic heterocycles. The maximum atomic E-state index is 13.2. The van der Waals surface area contributed by atoms with Crippen LogP contribution in [0.1, 0.15) is 37.4 Å². The fourth-order valence-electron chi connectivity index (χ4n) is 3.93. The van der Waals surface area contributed by atoms with E-state index in [4.69, 9.17) is 5.73 Å². The smallest absolute Gasteiger partial charge is 0.256 e. The van der Waals surface area contributed by atoms with Gasteiger partial charge in [-0.15, -0.1) is 0 Å². The molecule has 2 aliphatic rings. The highest BCUT2D eigenvalue weighted by Crippen LogP contribution is 2.49. The van der Waals surface area contributed by atoms with Crippen molar-refractivity contribution in [2.24, 2.45) is 11.7 Å². The van der Waals surface area contributed by atoms with E-state index >= 15 is 0 Å². The number of nitrogens with two attached hydrogens (primary N) is 1. The van der Waals surface area contributed by atoms with E-state index in [0.717, 1.165) is 6.07 Å². The predicted molar refractivity (Wildman–Crippen MR) is 107 cm³/mol. The number of allylic oxidation sites excluding steroid dienone is 1. The van der Waals surface area contributed by atoms with Gasteiger partial charge in [-0.3, -0.25) is 9.59 Å². The van der Waals surface area contributed by atoms with Crippen molar-refractivity contribution in [3.8, 4) is 17.2 Å². The van der Waals surface area contributed by atoms with Crippen LogP contribution >= 0.6 is 31.9 Å². The first-order chi connectivity index (χ1) is 13.1. The van der Waals surface area contributed by atoms with Crippen LogP contribution in [0, 0.1) is 5.92 Å². The summed E-state index contributed by atoms with van der Waals surface area (Å²) in [6.07, 6.45) is 0.181. The minimum Gasteiger partial charge on any atom is -0.507 e. The lowest BCUT2D eigenvalue weighted by Gasteiger charge is -2.33. The molecule has 7 nitrogen and oxygen atoms in total. The number of primary amides is 1. The van der Waals surface area contributed by atoms with Crippen LogP contribution in [0.25, 0.3) is 5.76 Å². The average Bonchev–Trinajstić information content (AvgIpc) is 2.61. The summed E-state index contributed by atoms with van der Waals surface area (Å²) in [5.74, 6) is -3.84. The van der Waals surface area contributed by atoms with Crippen LogP contribution in [0.4, 0.5) is 0 Å². The molecule has 2 aliphatic carbocycles. The van der Waals surface area contributed by atoms with Crippen LogP contribution in [-0.2, 0) is 12.8 Å². The van der Waals surface area contributed by atoms with Gasteiger partial charge in [-0.1, -0.05) is 15.9 Å². The van der Waals surface area contributed by atoms with Crippen molar-refractivity contribution in [3.05, 3.63) is 54.5 Å². The number of amides is 1. The normalized spacial score (nSPS) is 17.8. The van der Waals surface area contributed by atoms with Gasteiger partial charge in [0.05, 0.1) is 16.0 Å². The molecule has 0 heterocycles. The van der Waals surface area contributed by atoms with Crippen LogP contribution in [-0.4, -0.2) is 32.1 Å². The number of aliphatic hydroxyl groups excluding tert-OH is 1. The number of ketones is 1. The predicted octanol–water partition coefficient (Wildman–Crippen LogP) is 3.31. The van der Waals surface area contributed by atoms with Crippen molar-refractivity contribution in [2.45, 2.75) is 12.8 Å². The molecule has 144 valence electrons. The molecule has 28 heavy (non-hydrogen) atoms. The number of aromatic hydroxyl groups is 3. The number of carbonyl (C=O) groups is 2. The molecule has 1 amide bonds. The number of rotatable bonds is 1. The summed E-state index contributed by atoms with van der Waals surface area (Å²) in [6, 6.07) is 2.77. The fourth-order valence-corrected chi connectivity index (χ4v) is 5.23. The summed E-state index contributed by atoms with van der Waals surface area (Å²) in [6.45, 7) is 0. The monoisotopic (exact) mass is 509 g/mol. The molecule has 0 radical (unpaired) electrons. The molecule has 2 aromatic rings. The van der Waals surface area contributed by atoms with Crippen LogP contribution in [0.2, 0.25) is 0 Å². The summed E-state index contributed by atoms with van der Waals surface area (Å²) in [5, 5.41) is 41.7. The number of hydrogen-bond donors (Lipinski definition) is 5. The van der Waals surface area contributed by atoms with Crippen LogP contribution in [0.15, 0.2) is 26.7 Å². The van der Waals surface area contributed by atoms with E-state index in [-0.39, 0.29) is 41.0 Å². The molecule has 6 N–H and O–H groups in total. The van der Waals surface area contributed by atoms with E-state index in [1.54, 1.807) is 6.07 Å². The number of halogens is 2. The van der Waals surface area contributed by atoms with Gasteiger partial charge in [0.25, 0.3) is 5.91 Å². The maximum Gasteiger partial charge on any atom is 0.256 e. The first-order valence-electron chi connectivity index (χ1n) is 8.17. The highest BCUT2D eigenvalue weighted by atomic mass is 79.9. The number of aliphatic hydroxyl groups is 1. The Morgan fingerprint density at radius 3 is 2.36 bits per heavy atom. The van der Waals surface area contributed by atoms with Crippen LogP contribution in [0.5, 0.6) is 17.2 Å². The minimum atomic E-state index is -1.03. The number of hydrogen-bond acceptors (Lipinski definition) is 6. The third kappa shape index (κ3) is 2.46. The van der Waals surface area contributed by atoms with Gasteiger partial charge in [0, 0.05) is 15.6 Å². The van der Waals surface area contributed by atoms with Crippen molar-refractivity contribution in [3.63, 3.8) is 0 Å². The largest absolute Gasteiger partial charge is 0.507 e. The van der Waals surface area contributed by atoms with Gasteiger partial charge in [-0.05, 0) is 52.0 Å². The molecule has 9 heteroatoms. The summed E-state index contributed by atoms with van der Waals surface area (Å²) < 4.78 is 0.947. The highest BCUT2D eigenvalue weighted by Gasteiger charge is 2.41. The third-order valence-electron chi connectivity index (χ3n) is 5.26. The Balaban J connectivity index is 1.98. The molecule has 0 saturated carbocycles. The number of phenols is 3. The summed E-state index contributed by atoms with van der Waals surface area (Å²) >= 11 is 6.59. The van der Waals surface area contributed by atoms with E-state index in [2.05, 4.69) is 31.9 Å². The molecule has 1 atom stereocenters. The first kappa shape index (κ1) is 18.8. The molecule has 0 aromatic heterocycles. The molecule has 0 spiro atoms. The lowest BCUT2D eigenvalue weighted by atomic mass is 9.71. The fraction of sp³-hybridized carbons (Fsp3) is 0.158. The SMILES string of the molecule is NC(=O)c1c(O)cc2c(c1O)CC1C(=O)c3c(O)c(Br)cc(Br)c3CC1=C2O. The molecule has 1 unspecified atom stereocenters. The van der Waals surface area contributed by atoms with Crippen molar-refractivity contribution in [2.75, 3.05) is 0 Å². The number of fused-ring (bicyclic) bond motifs is 3. The maximum absolute atomic E-state index is 13.2.